The number of carbonyl (C=O) groups is 1. The first-order chi connectivity index (χ1) is 19.0. The first-order valence-corrected chi connectivity index (χ1v) is 14.5. The van der Waals surface area contributed by atoms with Gasteiger partial charge in [0.25, 0.3) is 5.56 Å². The van der Waals surface area contributed by atoms with Crippen molar-refractivity contribution in [3.8, 4) is 0 Å². The molecule has 39 heavy (non-hydrogen) atoms. The normalized spacial score (nSPS) is 21.7. The number of hydrogen-bond acceptors (Lipinski definition) is 7. The number of piperidine rings is 2. The van der Waals surface area contributed by atoms with Crippen molar-refractivity contribution in [1.29, 1.82) is 0 Å². The van der Waals surface area contributed by atoms with Crippen LogP contribution in [0.1, 0.15) is 35.6 Å². The summed E-state index contributed by atoms with van der Waals surface area (Å²) in [5, 5.41) is 13.4. The number of carbonyl (C=O) groups excluding carboxylic acids is 1. The van der Waals surface area contributed by atoms with Crippen LogP contribution in [0.25, 0.3) is 11.0 Å². The van der Waals surface area contributed by atoms with E-state index in [0.29, 0.717) is 37.0 Å². The minimum Gasteiger partial charge on any atom is -0.388 e. The number of aromatic nitrogens is 3. The average molecular weight is 544 g/mol. The lowest BCUT2D eigenvalue weighted by Gasteiger charge is -2.43. The molecule has 2 fully saturated rings. The Morgan fingerprint density at radius 2 is 1.85 bits per heavy atom. The number of fused-ring (bicyclic) bond motifs is 1. The van der Waals surface area contributed by atoms with Gasteiger partial charge < -0.3 is 10.0 Å². The van der Waals surface area contributed by atoms with Crippen molar-refractivity contribution >= 4 is 28.3 Å². The van der Waals surface area contributed by atoms with Gasteiger partial charge in [0.15, 0.2) is 5.52 Å². The number of likely N-dealkylation sites (tertiary alicyclic amines) is 2. The van der Waals surface area contributed by atoms with Crippen LogP contribution in [0.15, 0.2) is 77.3 Å². The Labute approximate surface area is 231 Å². The van der Waals surface area contributed by atoms with Gasteiger partial charge in [0.2, 0.25) is 5.91 Å². The molecule has 0 saturated carbocycles. The van der Waals surface area contributed by atoms with Crippen LogP contribution >= 0.6 is 11.3 Å². The third-order valence-corrected chi connectivity index (χ3v) is 9.23. The summed E-state index contributed by atoms with van der Waals surface area (Å²) in [4.78, 5) is 40.9. The summed E-state index contributed by atoms with van der Waals surface area (Å²) in [7, 11) is 0. The molecule has 2 saturated heterocycles. The lowest BCUT2D eigenvalue weighted by molar-refractivity contribution is -0.142. The van der Waals surface area contributed by atoms with Crippen LogP contribution in [-0.4, -0.2) is 67.1 Å². The SMILES string of the molecule is O=C([C@H]1CCN(Cc2ccccc2)C[C@@H]1c1cccs1)N1CCC(O)(Cn2cnc3cccnc3c2=O)CC1. The molecule has 8 nitrogen and oxygen atoms in total. The van der Waals surface area contributed by atoms with Crippen molar-refractivity contribution in [3.63, 3.8) is 0 Å². The van der Waals surface area contributed by atoms with Crippen molar-refractivity contribution in [2.24, 2.45) is 5.92 Å². The highest BCUT2D eigenvalue weighted by atomic mass is 32.1. The Morgan fingerprint density at radius 3 is 2.62 bits per heavy atom. The first-order valence-electron chi connectivity index (χ1n) is 13.6. The number of nitrogens with zero attached hydrogens (tertiary/aromatic N) is 5. The molecule has 5 heterocycles. The van der Waals surface area contributed by atoms with E-state index in [2.05, 4.69) is 56.6 Å². The molecule has 3 aromatic heterocycles. The molecule has 202 valence electrons. The molecule has 0 radical (unpaired) electrons. The van der Waals surface area contributed by atoms with Crippen LogP contribution in [0.5, 0.6) is 0 Å². The van der Waals surface area contributed by atoms with Crippen LogP contribution in [0.3, 0.4) is 0 Å². The molecule has 0 unspecified atom stereocenters. The molecule has 0 spiro atoms. The number of aliphatic hydroxyl groups is 1. The molecule has 2 atom stereocenters. The molecule has 9 heteroatoms. The summed E-state index contributed by atoms with van der Waals surface area (Å²) in [6.45, 7) is 3.73. The van der Waals surface area contributed by atoms with Crippen LogP contribution < -0.4 is 5.56 Å². The van der Waals surface area contributed by atoms with E-state index in [1.807, 2.05) is 11.0 Å². The van der Waals surface area contributed by atoms with Gasteiger partial charge in [-0.15, -0.1) is 11.3 Å². The highest BCUT2D eigenvalue weighted by molar-refractivity contribution is 7.10. The van der Waals surface area contributed by atoms with Crippen LogP contribution in [-0.2, 0) is 17.9 Å². The summed E-state index contributed by atoms with van der Waals surface area (Å²) >= 11 is 1.73. The third kappa shape index (κ3) is 5.52. The quantitative estimate of drug-likeness (QED) is 0.400. The van der Waals surface area contributed by atoms with Gasteiger partial charge in [0.05, 0.1) is 24.0 Å². The van der Waals surface area contributed by atoms with E-state index in [1.165, 1.54) is 21.3 Å². The van der Waals surface area contributed by atoms with Gasteiger partial charge >= 0.3 is 0 Å². The number of hydrogen-bond donors (Lipinski definition) is 1. The van der Waals surface area contributed by atoms with E-state index in [0.717, 1.165) is 26.1 Å². The Hall–Kier alpha value is -3.40. The van der Waals surface area contributed by atoms with Crippen molar-refractivity contribution in [2.75, 3.05) is 26.2 Å². The molecule has 2 aliphatic rings. The number of pyridine rings is 1. The van der Waals surface area contributed by atoms with Gasteiger partial charge in [-0.2, -0.15) is 0 Å². The van der Waals surface area contributed by atoms with E-state index >= 15 is 0 Å². The standard InChI is InChI=1S/C30H33N5O3S/c36-28(23-10-14-33(18-22-6-2-1-3-7-22)19-24(23)26-9-5-17-39-26)34-15-11-30(38,12-16-34)20-35-21-32-25-8-4-13-31-27(25)29(35)37/h1-9,13,17,21,23-24,38H,10-12,14-16,18-20H2/t23-,24-/m0/s1. The molecular weight excluding hydrogens is 510 g/mol. The molecule has 1 aromatic carbocycles. The fraction of sp³-hybridized carbons (Fsp3) is 0.400. The summed E-state index contributed by atoms with van der Waals surface area (Å²) < 4.78 is 1.45. The maximum atomic E-state index is 13.9. The fourth-order valence-electron chi connectivity index (χ4n) is 6.04. The highest BCUT2D eigenvalue weighted by Gasteiger charge is 2.41. The predicted octanol–water partition coefficient (Wildman–Crippen LogP) is 3.51. The first kappa shape index (κ1) is 25.9. The number of thiophene rings is 1. The predicted molar refractivity (Wildman–Crippen MR) is 151 cm³/mol. The van der Waals surface area contributed by atoms with E-state index in [-0.39, 0.29) is 29.8 Å². The van der Waals surface area contributed by atoms with Gasteiger partial charge in [-0.25, -0.2) is 9.97 Å². The summed E-state index contributed by atoms with van der Waals surface area (Å²) in [5.74, 6) is 0.273. The van der Waals surface area contributed by atoms with Crippen molar-refractivity contribution in [1.82, 2.24) is 24.3 Å². The van der Waals surface area contributed by atoms with Gasteiger partial charge in [-0.3, -0.25) is 19.1 Å². The molecule has 2 aliphatic heterocycles. The zero-order valence-corrected chi connectivity index (χ0v) is 22.7. The Balaban J connectivity index is 1.12. The van der Waals surface area contributed by atoms with E-state index < -0.39 is 5.60 Å². The van der Waals surface area contributed by atoms with Crippen molar-refractivity contribution < 1.29 is 9.90 Å². The molecule has 4 aromatic rings. The topological polar surface area (TPSA) is 91.6 Å². The van der Waals surface area contributed by atoms with Crippen molar-refractivity contribution in [2.45, 2.75) is 43.9 Å². The minimum atomic E-state index is -1.07. The summed E-state index contributed by atoms with van der Waals surface area (Å²) in [6, 6.07) is 18.2. The van der Waals surface area contributed by atoms with E-state index in [4.69, 9.17) is 0 Å². The van der Waals surface area contributed by atoms with Crippen LogP contribution in [0.4, 0.5) is 0 Å². The van der Waals surface area contributed by atoms with Gasteiger partial charge in [0, 0.05) is 49.1 Å². The van der Waals surface area contributed by atoms with Crippen molar-refractivity contribution in [3.05, 3.63) is 93.3 Å². The Bertz CT molecular complexity index is 1480. The third-order valence-electron chi connectivity index (χ3n) is 8.23. The van der Waals surface area contributed by atoms with E-state index in [1.54, 1.807) is 29.7 Å². The smallest absolute Gasteiger partial charge is 0.279 e. The zero-order valence-electron chi connectivity index (χ0n) is 21.9. The number of amides is 1. The zero-order chi connectivity index (χ0) is 26.8. The summed E-state index contributed by atoms with van der Waals surface area (Å²) in [5.41, 5.74) is 0.806. The van der Waals surface area contributed by atoms with Crippen LogP contribution in [0, 0.1) is 5.92 Å². The minimum absolute atomic E-state index is 0.0692. The maximum Gasteiger partial charge on any atom is 0.279 e. The molecule has 1 N–H and O–H groups in total. The van der Waals surface area contributed by atoms with Gasteiger partial charge in [0.1, 0.15) is 0 Å². The monoisotopic (exact) mass is 543 g/mol. The lowest BCUT2D eigenvalue weighted by atomic mass is 9.82. The second-order valence-electron chi connectivity index (χ2n) is 10.8. The fourth-order valence-corrected chi connectivity index (χ4v) is 6.93. The molecule has 1 amide bonds. The largest absolute Gasteiger partial charge is 0.388 e. The Kier molecular flexibility index (Phi) is 7.29. The molecule has 6 rings (SSSR count). The van der Waals surface area contributed by atoms with Gasteiger partial charge in [-0.05, 0) is 54.9 Å². The summed E-state index contributed by atoms with van der Waals surface area (Å²) in [6.07, 6.45) is 4.71. The average Bonchev–Trinajstić information content (AvgIpc) is 3.51. The molecule has 0 bridgehead atoms. The molecule has 0 aliphatic carbocycles. The van der Waals surface area contributed by atoms with Crippen LogP contribution in [0.2, 0.25) is 0 Å². The number of rotatable bonds is 6. The van der Waals surface area contributed by atoms with Gasteiger partial charge in [-0.1, -0.05) is 36.4 Å². The number of benzene rings is 1. The Morgan fingerprint density at radius 1 is 1.03 bits per heavy atom. The molecular formula is C30H33N5O3S. The lowest BCUT2D eigenvalue weighted by Crippen LogP contribution is -2.53. The second kappa shape index (κ2) is 11.0. The second-order valence-corrected chi connectivity index (χ2v) is 11.8. The highest BCUT2D eigenvalue weighted by Crippen LogP contribution is 2.37. The maximum absolute atomic E-state index is 13.9. The van der Waals surface area contributed by atoms with E-state index in [9.17, 15) is 14.7 Å².